The lowest BCUT2D eigenvalue weighted by Crippen LogP contribution is -2.44. The number of benzene rings is 2. The molecular weight excluding hydrogens is 310 g/mol. The number of carbonyl (C=O) groups is 1. The van der Waals surface area contributed by atoms with Crippen LogP contribution >= 0.6 is 0 Å². The van der Waals surface area contributed by atoms with Crippen LogP contribution in [0.3, 0.4) is 0 Å². The Labute approximate surface area is 151 Å². The predicted octanol–water partition coefficient (Wildman–Crippen LogP) is 4.22. The molecule has 4 heteroatoms. The molecule has 134 valence electrons. The van der Waals surface area contributed by atoms with Crippen LogP contribution in [0.5, 0.6) is 0 Å². The Balaban J connectivity index is 0.00000109. The summed E-state index contributed by atoms with van der Waals surface area (Å²) in [5.41, 5.74) is 10.0. The number of hydrogen-bond donors (Lipinski definition) is 1. The highest BCUT2D eigenvalue weighted by molar-refractivity contribution is 6.07. The van der Waals surface area contributed by atoms with Gasteiger partial charge in [-0.25, -0.2) is 0 Å². The quantitative estimate of drug-likeness (QED) is 0.891. The van der Waals surface area contributed by atoms with Crippen LogP contribution in [-0.4, -0.2) is 26.0 Å². The number of para-hydroxylation sites is 1. The van der Waals surface area contributed by atoms with E-state index in [4.69, 9.17) is 5.73 Å². The fourth-order valence-corrected chi connectivity index (χ4v) is 3.21. The summed E-state index contributed by atoms with van der Waals surface area (Å²) in [6.45, 7) is 6.06. The van der Waals surface area contributed by atoms with E-state index >= 15 is 0 Å². The molecule has 2 aromatic carbocycles. The molecule has 0 fully saturated rings. The van der Waals surface area contributed by atoms with E-state index in [1.54, 1.807) is 0 Å². The van der Waals surface area contributed by atoms with Crippen molar-refractivity contribution in [2.24, 2.45) is 5.73 Å². The van der Waals surface area contributed by atoms with Gasteiger partial charge in [-0.3, -0.25) is 4.79 Å². The first-order valence-electron chi connectivity index (χ1n) is 8.94. The molecule has 0 bridgehead atoms. The van der Waals surface area contributed by atoms with Crippen LogP contribution < -0.4 is 15.5 Å². The summed E-state index contributed by atoms with van der Waals surface area (Å²) in [5.74, 6) is 0.0298. The van der Waals surface area contributed by atoms with E-state index in [1.165, 1.54) is 0 Å². The molecule has 1 aliphatic heterocycles. The van der Waals surface area contributed by atoms with Crippen molar-refractivity contribution in [3.63, 3.8) is 0 Å². The van der Waals surface area contributed by atoms with Crippen LogP contribution in [0.25, 0.3) is 0 Å². The summed E-state index contributed by atoms with van der Waals surface area (Å²) >= 11 is 0. The summed E-state index contributed by atoms with van der Waals surface area (Å²) in [7, 11) is 3.97. The monoisotopic (exact) mass is 339 g/mol. The average molecular weight is 339 g/mol. The standard InChI is InChI=1S/C19H23N3O.C2H6/c1-13-12-17(20)16-6-4-5-7-18(16)22(13)19(23)14-8-10-15(11-9-14)21(2)3;1-2/h4-11,13,17H,12,20H2,1-3H3;1-2H3. The molecule has 2 atom stereocenters. The number of anilines is 2. The molecule has 0 spiro atoms. The molecule has 3 rings (SSSR count). The van der Waals surface area contributed by atoms with Gasteiger partial charge in [0.15, 0.2) is 0 Å². The van der Waals surface area contributed by atoms with Gasteiger partial charge in [-0.15, -0.1) is 0 Å². The van der Waals surface area contributed by atoms with E-state index in [0.717, 1.165) is 23.4 Å². The van der Waals surface area contributed by atoms with Gasteiger partial charge in [0.05, 0.1) is 0 Å². The van der Waals surface area contributed by atoms with E-state index in [-0.39, 0.29) is 18.0 Å². The Morgan fingerprint density at radius 3 is 2.28 bits per heavy atom. The molecule has 2 aromatic rings. The normalized spacial score (nSPS) is 18.7. The van der Waals surface area contributed by atoms with Crippen LogP contribution in [0, 0.1) is 0 Å². The topological polar surface area (TPSA) is 49.6 Å². The largest absolute Gasteiger partial charge is 0.378 e. The Kier molecular flexibility index (Phi) is 6.21. The Morgan fingerprint density at radius 1 is 1.08 bits per heavy atom. The number of nitrogens with zero attached hydrogens (tertiary/aromatic N) is 2. The van der Waals surface area contributed by atoms with Gasteiger partial charge in [0, 0.05) is 43.1 Å². The molecular formula is C21H29N3O. The highest BCUT2D eigenvalue weighted by atomic mass is 16.2. The Hall–Kier alpha value is -2.33. The number of rotatable bonds is 2. The van der Waals surface area contributed by atoms with Gasteiger partial charge >= 0.3 is 0 Å². The second-order valence-electron chi connectivity index (χ2n) is 6.37. The zero-order valence-electron chi connectivity index (χ0n) is 15.9. The number of hydrogen-bond acceptors (Lipinski definition) is 3. The van der Waals surface area contributed by atoms with E-state index in [0.29, 0.717) is 5.56 Å². The zero-order chi connectivity index (χ0) is 18.6. The molecule has 0 saturated heterocycles. The number of fused-ring (bicyclic) bond motifs is 1. The summed E-state index contributed by atoms with van der Waals surface area (Å²) in [6.07, 6.45) is 0.776. The van der Waals surface area contributed by atoms with E-state index in [1.807, 2.05) is 86.3 Å². The van der Waals surface area contributed by atoms with Crippen LogP contribution in [0.1, 0.15) is 49.2 Å². The van der Waals surface area contributed by atoms with Gasteiger partial charge in [0.1, 0.15) is 0 Å². The van der Waals surface area contributed by atoms with Gasteiger partial charge < -0.3 is 15.5 Å². The van der Waals surface area contributed by atoms with Crippen molar-refractivity contribution in [1.29, 1.82) is 0 Å². The lowest BCUT2D eigenvalue weighted by molar-refractivity contribution is 0.0974. The van der Waals surface area contributed by atoms with Crippen LogP contribution in [0.4, 0.5) is 11.4 Å². The summed E-state index contributed by atoms with van der Waals surface area (Å²) in [4.78, 5) is 16.9. The first kappa shape index (κ1) is 19.0. The third-order valence-corrected chi connectivity index (χ3v) is 4.48. The van der Waals surface area contributed by atoms with E-state index < -0.39 is 0 Å². The smallest absolute Gasteiger partial charge is 0.258 e. The third kappa shape index (κ3) is 3.85. The molecule has 4 nitrogen and oxygen atoms in total. The second-order valence-corrected chi connectivity index (χ2v) is 6.37. The van der Waals surface area contributed by atoms with Crippen LogP contribution in [0.15, 0.2) is 48.5 Å². The van der Waals surface area contributed by atoms with Gasteiger partial charge in [-0.2, -0.15) is 0 Å². The lowest BCUT2D eigenvalue weighted by Gasteiger charge is -2.38. The fraction of sp³-hybridized carbons (Fsp3) is 0.381. The summed E-state index contributed by atoms with van der Waals surface area (Å²) in [5, 5.41) is 0. The molecule has 25 heavy (non-hydrogen) atoms. The molecule has 2 unspecified atom stereocenters. The number of nitrogens with two attached hydrogens (primary N) is 1. The molecule has 1 aliphatic rings. The van der Waals surface area contributed by atoms with Gasteiger partial charge in [-0.05, 0) is 49.2 Å². The average Bonchev–Trinajstić information content (AvgIpc) is 2.63. The van der Waals surface area contributed by atoms with Crippen molar-refractivity contribution in [1.82, 2.24) is 0 Å². The van der Waals surface area contributed by atoms with Gasteiger partial charge in [-0.1, -0.05) is 32.0 Å². The minimum atomic E-state index is -0.0126. The second kappa shape index (κ2) is 8.17. The molecule has 0 saturated carbocycles. The minimum Gasteiger partial charge on any atom is -0.378 e. The van der Waals surface area contributed by atoms with E-state index in [2.05, 4.69) is 6.92 Å². The molecule has 2 N–H and O–H groups in total. The summed E-state index contributed by atoms with van der Waals surface area (Å²) in [6, 6.07) is 15.7. The molecule has 0 radical (unpaired) electrons. The first-order valence-corrected chi connectivity index (χ1v) is 8.94. The van der Waals surface area contributed by atoms with Crippen molar-refractivity contribution in [2.45, 2.75) is 39.3 Å². The molecule has 0 aromatic heterocycles. The number of carbonyl (C=O) groups excluding carboxylic acids is 1. The summed E-state index contributed by atoms with van der Waals surface area (Å²) < 4.78 is 0. The lowest BCUT2D eigenvalue weighted by atomic mass is 9.92. The Bertz CT molecular complexity index is 709. The predicted molar refractivity (Wildman–Crippen MR) is 106 cm³/mol. The van der Waals surface area contributed by atoms with Crippen molar-refractivity contribution in [2.75, 3.05) is 23.9 Å². The zero-order valence-corrected chi connectivity index (χ0v) is 15.9. The number of amides is 1. The highest BCUT2D eigenvalue weighted by Crippen LogP contribution is 2.36. The molecule has 1 amide bonds. The van der Waals surface area contributed by atoms with Gasteiger partial charge in [0.2, 0.25) is 0 Å². The maximum atomic E-state index is 13.0. The van der Waals surface area contributed by atoms with Crippen molar-refractivity contribution in [3.05, 3.63) is 59.7 Å². The fourth-order valence-electron chi connectivity index (χ4n) is 3.21. The molecule has 0 aliphatic carbocycles. The Morgan fingerprint density at radius 2 is 1.68 bits per heavy atom. The maximum absolute atomic E-state index is 13.0. The van der Waals surface area contributed by atoms with Crippen LogP contribution in [0.2, 0.25) is 0 Å². The van der Waals surface area contributed by atoms with Crippen molar-refractivity contribution >= 4 is 17.3 Å². The van der Waals surface area contributed by atoms with E-state index in [9.17, 15) is 4.79 Å². The minimum absolute atomic E-state index is 0.0126. The molecule has 1 heterocycles. The van der Waals surface area contributed by atoms with Crippen molar-refractivity contribution in [3.8, 4) is 0 Å². The maximum Gasteiger partial charge on any atom is 0.258 e. The van der Waals surface area contributed by atoms with Crippen LogP contribution in [-0.2, 0) is 0 Å². The first-order chi connectivity index (χ1) is 12.0. The highest BCUT2D eigenvalue weighted by Gasteiger charge is 2.32. The van der Waals surface area contributed by atoms with Gasteiger partial charge in [0.25, 0.3) is 5.91 Å². The third-order valence-electron chi connectivity index (χ3n) is 4.48. The van der Waals surface area contributed by atoms with Crippen molar-refractivity contribution < 1.29 is 4.79 Å². The SMILES string of the molecule is CC.CC1CC(N)c2ccccc2N1C(=O)c1ccc(N(C)C)cc1.